The number of aromatic nitrogens is 3. The van der Waals surface area contributed by atoms with Crippen molar-refractivity contribution in [3.8, 4) is 17.0 Å². The number of carbonyl (C=O) groups is 1. The van der Waals surface area contributed by atoms with Gasteiger partial charge in [0.05, 0.1) is 12.7 Å². The summed E-state index contributed by atoms with van der Waals surface area (Å²) in [6.07, 6.45) is 1.32. The number of halogens is 1. The molecule has 0 aliphatic carbocycles. The SMILES string of the molecule is COc1cc(C(N)=O)c(-c2cccc(F)c2)c2ncnn12. The molecule has 7 heteroatoms. The summed E-state index contributed by atoms with van der Waals surface area (Å²) in [5.74, 6) is -0.758. The minimum Gasteiger partial charge on any atom is -0.481 e. The van der Waals surface area contributed by atoms with Gasteiger partial charge in [0.1, 0.15) is 12.1 Å². The predicted molar refractivity (Wildman–Crippen MR) is 73.5 cm³/mol. The van der Waals surface area contributed by atoms with Crippen molar-refractivity contribution in [2.45, 2.75) is 0 Å². The normalized spacial score (nSPS) is 10.8. The van der Waals surface area contributed by atoms with Gasteiger partial charge in [0.2, 0.25) is 11.8 Å². The number of nitrogens with zero attached hydrogens (tertiary/aromatic N) is 3. The van der Waals surface area contributed by atoms with E-state index in [4.69, 9.17) is 10.5 Å². The summed E-state index contributed by atoms with van der Waals surface area (Å²) < 4.78 is 20.1. The second-order valence-corrected chi connectivity index (χ2v) is 4.35. The van der Waals surface area contributed by atoms with Crippen molar-refractivity contribution < 1.29 is 13.9 Å². The van der Waals surface area contributed by atoms with E-state index in [1.807, 2.05) is 0 Å². The Morgan fingerprint density at radius 1 is 1.38 bits per heavy atom. The van der Waals surface area contributed by atoms with E-state index in [0.717, 1.165) is 0 Å². The van der Waals surface area contributed by atoms with E-state index in [-0.39, 0.29) is 5.56 Å². The van der Waals surface area contributed by atoms with Crippen LogP contribution in [0.4, 0.5) is 4.39 Å². The largest absolute Gasteiger partial charge is 0.481 e. The molecule has 0 bridgehead atoms. The van der Waals surface area contributed by atoms with Crippen molar-refractivity contribution in [1.82, 2.24) is 14.6 Å². The summed E-state index contributed by atoms with van der Waals surface area (Å²) in [5, 5.41) is 4.03. The number of ether oxygens (including phenoxy) is 1. The van der Waals surface area contributed by atoms with Gasteiger partial charge >= 0.3 is 0 Å². The van der Waals surface area contributed by atoms with Crippen LogP contribution in [0, 0.1) is 5.82 Å². The highest BCUT2D eigenvalue weighted by Gasteiger charge is 2.19. The molecule has 3 rings (SSSR count). The third-order valence-electron chi connectivity index (χ3n) is 3.11. The number of rotatable bonds is 3. The third-order valence-corrected chi connectivity index (χ3v) is 3.11. The molecule has 1 aromatic carbocycles. The number of hydrogen-bond acceptors (Lipinski definition) is 4. The first-order chi connectivity index (χ1) is 10.1. The van der Waals surface area contributed by atoms with Crippen molar-refractivity contribution in [2.24, 2.45) is 5.73 Å². The van der Waals surface area contributed by atoms with Crippen molar-refractivity contribution in [3.63, 3.8) is 0 Å². The number of carbonyl (C=O) groups excluding carboxylic acids is 1. The molecular formula is C14H11FN4O2. The first kappa shape index (κ1) is 13.0. The quantitative estimate of drug-likeness (QED) is 0.793. The Labute approximate surface area is 119 Å². The molecule has 0 saturated carbocycles. The lowest BCUT2D eigenvalue weighted by atomic mass is 10.0. The number of primary amides is 1. The monoisotopic (exact) mass is 286 g/mol. The van der Waals surface area contributed by atoms with Crippen LogP contribution in [0.3, 0.4) is 0 Å². The molecule has 0 aliphatic heterocycles. The minimum absolute atomic E-state index is 0.193. The zero-order chi connectivity index (χ0) is 15.0. The molecular weight excluding hydrogens is 275 g/mol. The Bertz CT molecular complexity index is 844. The summed E-state index contributed by atoms with van der Waals surface area (Å²) in [4.78, 5) is 15.8. The van der Waals surface area contributed by atoms with Gasteiger partial charge in [0.15, 0.2) is 5.65 Å². The smallest absolute Gasteiger partial charge is 0.249 e. The van der Waals surface area contributed by atoms with Crippen molar-refractivity contribution in [1.29, 1.82) is 0 Å². The Morgan fingerprint density at radius 3 is 2.86 bits per heavy atom. The first-order valence-electron chi connectivity index (χ1n) is 6.08. The topological polar surface area (TPSA) is 82.5 Å². The Balaban J connectivity index is 2.42. The maximum atomic E-state index is 13.5. The summed E-state index contributed by atoms with van der Waals surface area (Å²) in [6, 6.07) is 7.31. The van der Waals surface area contributed by atoms with Gasteiger partial charge in [-0.3, -0.25) is 4.79 Å². The standard InChI is InChI=1S/C14H11FN4O2/c1-21-11-6-10(13(16)20)12(14-17-7-18-19(11)14)8-3-2-4-9(15)5-8/h2-7H,1H3,(H2,16,20). The molecule has 0 atom stereocenters. The third kappa shape index (κ3) is 2.08. The molecule has 2 N–H and O–H groups in total. The van der Waals surface area contributed by atoms with Crippen LogP contribution in [0.5, 0.6) is 5.88 Å². The second kappa shape index (κ2) is 4.86. The van der Waals surface area contributed by atoms with E-state index < -0.39 is 11.7 Å². The lowest BCUT2D eigenvalue weighted by molar-refractivity contribution is 0.100. The highest BCUT2D eigenvalue weighted by molar-refractivity contribution is 6.03. The summed E-state index contributed by atoms with van der Waals surface area (Å²) in [5.41, 5.74) is 6.90. The zero-order valence-corrected chi connectivity index (χ0v) is 11.1. The molecule has 0 radical (unpaired) electrons. The first-order valence-corrected chi connectivity index (χ1v) is 6.08. The van der Waals surface area contributed by atoms with Gasteiger partial charge in [-0.15, -0.1) is 0 Å². The average molecular weight is 286 g/mol. The fourth-order valence-corrected chi connectivity index (χ4v) is 2.22. The molecule has 2 aromatic heterocycles. The summed E-state index contributed by atoms with van der Waals surface area (Å²) in [6.45, 7) is 0. The molecule has 3 aromatic rings. The van der Waals surface area contributed by atoms with Gasteiger partial charge in [0, 0.05) is 11.6 Å². The van der Waals surface area contributed by atoms with Gasteiger partial charge < -0.3 is 10.5 Å². The number of nitrogens with two attached hydrogens (primary N) is 1. The maximum absolute atomic E-state index is 13.5. The van der Waals surface area contributed by atoms with E-state index >= 15 is 0 Å². The van der Waals surface area contributed by atoms with Crippen LogP contribution in [-0.4, -0.2) is 27.6 Å². The van der Waals surface area contributed by atoms with Crippen LogP contribution in [0.2, 0.25) is 0 Å². The predicted octanol–water partition coefficient (Wildman–Crippen LogP) is 1.64. The van der Waals surface area contributed by atoms with Gasteiger partial charge in [-0.05, 0) is 17.7 Å². The van der Waals surface area contributed by atoms with Crippen LogP contribution < -0.4 is 10.5 Å². The molecule has 6 nitrogen and oxygen atoms in total. The molecule has 0 fully saturated rings. The molecule has 0 unspecified atom stereocenters. The Kier molecular flexibility index (Phi) is 3.02. The zero-order valence-electron chi connectivity index (χ0n) is 11.1. The number of fused-ring (bicyclic) bond motifs is 1. The van der Waals surface area contributed by atoms with Crippen LogP contribution in [0.1, 0.15) is 10.4 Å². The molecule has 0 aliphatic rings. The minimum atomic E-state index is -0.655. The van der Waals surface area contributed by atoms with E-state index in [9.17, 15) is 9.18 Å². The van der Waals surface area contributed by atoms with E-state index in [1.54, 1.807) is 12.1 Å². The maximum Gasteiger partial charge on any atom is 0.249 e. The molecule has 2 heterocycles. The average Bonchev–Trinajstić information content (AvgIpc) is 2.94. The number of methoxy groups -OCH3 is 1. The molecule has 106 valence electrons. The number of benzene rings is 1. The fourth-order valence-electron chi connectivity index (χ4n) is 2.22. The van der Waals surface area contributed by atoms with Crippen LogP contribution in [0.25, 0.3) is 16.8 Å². The van der Waals surface area contributed by atoms with Gasteiger partial charge in [-0.2, -0.15) is 9.61 Å². The molecule has 0 saturated heterocycles. The van der Waals surface area contributed by atoms with Crippen molar-refractivity contribution in [2.75, 3.05) is 7.11 Å². The molecule has 0 spiro atoms. The van der Waals surface area contributed by atoms with Crippen LogP contribution in [-0.2, 0) is 0 Å². The van der Waals surface area contributed by atoms with Crippen LogP contribution in [0.15, 0.2) is 36.7 Å². The van der Waals surface area contributed by atoms with Crippen molar-refractivity contribution in [3.05, 3.63) is 48.0 Å². The molecule has 1 amide bonds. The summed E-state index contributed by atoms with van der Waals surface area (Å²) >= 11 is 0. The van der Waals surface area contributed by atoms with Gasteiger partial charge in [-0.1, -0.05) is 12.1 Å². The molecule has 21 heavy (non-hydrogen) atoms. The highest BCUT2D eigenvalue weighted by atomic mass is 19.1. The Hall–Kier alpha value is -2.96. The van der Waals surface area contributed by atoms with Gasteiger partial charge in [-0.25, -0.2) is 9.37 Å². The van der Waals surface area contributed by atoms with E-state index in [0.29, 0.717) is 22.7 Å². The second-order valence-electron chi connectivity index (χ2n) is 4.35. The fraction of sp³-hybridized carbons (Fsp3) is 0.0714. The van der Waals surface area contributed by atoms with Crippen LogP contribution >= 0.6 is 0 Å². The van der Waals surface area contributed by atoms with Gasteiger partial charge in [0.25, 0.3) is 0 Å². The number of hydrogen-bond donors (Lipinski definition) is 1. The van der Waals surface area contributed by atoms with E-state index in [2.05, 4.69) is 10.1 Å². The lowest BCUT2D eigenvalue weighted by Gasteiger charge is -2.11. The summed E-state index contributed by atoms with van der Waals surface area (Å²) in [7, 11) is 1.45. The highest BCUT2D eigenvalue weighted by Crippen LogP contribution is 2.31. The van der Waals surface area contributed by atoms with E-state index in [1.165, 1.54) is 36.2 Å². The lowest BCUT2D eigenvalue weighted by Crippen LogP contribution is -2.14. The Morgan fingerprint density at radius 2 is 2.19 bits per heavy atom. The van der Waals surface area contributed by atoms with Crippen molar-refractivity contribution >= 4 is 11.6 Å². The number of amides is 1. The number of pyridine rings is 1.